The molecule has 2 rings (SSSR count). The van der Waals surface area contributed by atoms with Crippen molar-refractivity contribution in [1.82, 2.24) is 10.6 Å². The van der Waals surface area contributed by atoms with E-state index in [2.05, 4.69) is 22.0 Å². The van der Waals surface area contributed by atoms with Crippen molar-refractivity contribution in [1.29, 1.82) is 0 Å². The van der Waals surface area contributed by atoms with Crippen LogP contribution in [0.5, 0.6) is 0 Å². The zero-order valence-electron chi connectivity index (χ0n) is 13.7. The number of benzene rings is 1. The molecular weight excluding hydrogens is 290 g/mol. The van der Waals surface area contributed by atoms with Gasteiger partial charge in [-0.05, 0) is 56.8 Å². The first-order valence-electron chi connectivity index (χ1n) is 8.19. The average molecular weight is 315 g/mol. The number of rotatable bonds is 7. The van der Waals surface area contributed by atoms with Crippen LogP contribution in [-0.4, -0.2) is 32.0 Å². The summed E-state index contributed by atoms with van der Waals surface area (Å²) in [5.41, 5.74) is 2.66. The van der Waals surface area contributed by atoms with Crippen molar-refractivity contribution in [2.45, 2.75) is 32.1 Å². The molecule has 0 spiro atoms. The number of carbonyl (C=O) groups excluding carboxylic acids is 2. The summed E-state index contributed by atoms with van der Waals surface area (Å²) in [6.45, 7) is 1.09. The van der Waals surface area contributed by atoms with Crippen LogP contribution in [0.3, 0.4) is 0 Å². The Morgan fingerprint density at radius 2 is 2.09 bits per heavy atom. The predicted molar refractivity (Wildman–Crippen MR) is 92.5 cm³/mol. The third-order valence-electron chi connectivity index (χ3n) is 3.93. The van der Waals surface area contributed by atoms with Gasteiger partial charge in [0.1, 0.15) is 0 Å². The highest BCUT2D eigenvalue weighted by Gasteiger charge is 2.07. The molecule has 124 valence electrons. The van der Waals surface area contributed by atoms with Crippen molar-refractivity contribution in [2.75, 3.05) is 25.5 Å². The summed E-state index contributed by atoms with van der Waals surface area (Å²) in [5, 5.41) is 8.54. The monoisotopic (exact) mass is 315 g/mol. The van der Waals surface area contributed by atoms with E-state index in [0.29, 0.717) is 11.3 Å². The molecule has 0 radical (unpaired) electrons. The molecule has 0 unspecified atom stereocenters. The Hall–Kier alpha value is -2.14. The Morgan fingerprint density at radius 3 is 2.83 bits per heavy atom. The molecule has 0 saturated carbocycles. The molecule has 1 aliphatic carbocycles. The van der Waals surface area contributed by atoms with E-state index in [-0.39, 0.29) is 18.4 Å². The zero-order valence-corrected chi connectivity index (χ0v) is 13.7. The largest absolute Gasteiger partial charge is 0.355 e. The van der Waals surface area contributed by atoms with E-state index in [4.69, 9.17) is 0 Å². The normalized spacial score (nSPS) is 14.0. The van der Waals surface area contributed by atoms with Crippen molar-refractivity contribution < 1.29 is 9.59 Å². The fourth-order valence-corrected chi connectivity index (χ4v) is 2.67. The number of hydrogen-bond acceptors (Lipinski definition) is 3. The lowest BCUT2D eigenvalue weighted by molar-refractivity contribution is -0.115. The van der Waals surface area contributed by atoms with E-state index in [1.165, 1.54) is 31.3 Å². The minimum absolute atomic E-state index is 0.100. The van der Waals surface area contributed by atoms with Gasteiger partial charge < -0.3 is 16.0 Å². The Morgan fingerprint density at radius 1 is 1.22 bits per heavy atom. The first-order chi connectivity index (χ1) is 11.2. The van der Waals surface area contributed by atoms with Gasteiger partial charge in [0.2, 0.25) is 5.91 Å². The maximum atomic E-state index is 11.9. The summed E-state index contributed by atoms with van der Waals surface area (Å²) < 4.78 is 0. The number of allylic oxidation sites excluding steroid dienone is 1. The highest BCUT2D eigenvalue weighted by molar-refractivity contribution is 5.97. The summed E-state index contributed by atoms with van der Waals surface area (Å²) in [4.78, 5) is 23.5. The molecule has 1 aromatic carbocycles. The van der Waals surface area contributed by atoms with Crippen LogP contribution in [0.2, 0.25) is 0 Å². The highest BCUT2D eigenvalue weighted by Crippen LogP contribution is 2.19. The Labute approximate surface area is 137 Å². The lowest BCUT2D eigenvalue weighted by Crippen LogP contribution is -2.29. The topological polar surface area (TPSA) is 70.2 Å². The zero-order chi connectivity index (χ0) is 16.5. The van der Waals surface area contributed by atoms with E-state index in [9.17, 15) is 9.59 Å². The molecule has 0 heterocycles. The molecule has 2 amide bonds. The van der Waals surface area contributed by atoms with Gasteiger partial charge in [0, 0.05) is 18.3 Å². The molecule has 5 heteroatoms. The van der Waals surface area contributed by atoms with Gasteiger partial charge in [0.05, 0.1) is 6.54 Å². The lowest BCUT2D eigenvalue weighted by Gasteiger charge is -2.13. The number of anilines is 1. The first-order valence-corrected chi connectivity index (χ1v) is 8.19. The second-order valence-electron chi connectivity index (χ2n) is 5.74. The van der Waals surface area contributed by atoms with Crippen molar-refractivity contribution in [3.8, 4) is 0 Å². The standard InChI is InChI=1S/C18H25N3O2/c1-19-18(23)15-8-5-9-16(12-15)21-17(22)13-20-11-10-14-6-3-2-4-7-14/h5-6,8-9,12,20H,2-4,7,10-11,13H2,1H3,(H,19,23)(H,21,22). The second kappa shape index (κ2) is 9.10. The Bertz CT molecular complexity index is 581. The van der Waals surface area contributed by atoms with Gasteiger partial charge in [0.25, 0.3) is 5.91 Å². The van der Waals surface area contributed by atoms with Crippen LogP contribution in [0.25, 0.3) is 0 Å². The van der Waals surface area contributed by atoms with Crippen LogP contribution in [0.1, 0.15) is 42.5 Å². The number of nitrogens with one attached hydrogen (secondary N) is 3. The highest BCUT2D eigenvalue weighted by atomic mass is 16.2. The second-order valence-corrected chi connectivity index (χ2v) is 5.74. The van der Waals surface area contributed by atoms with Crippen molar-refractivity contribution >= 4 is 17.5 Å². The van der Waals surface area contributed by atoms with Crippen LogP contribution in [0.15, 0.2) is 35.9 Å². The molecule has 0 aliphatic heterocycles. The van der Waals surface area contributed by atoms with Crippen LogP contribution in [-0.2, 0) is 4.79 Å². The van der Waals surface area contributed by atoms with E-state index >= 15 is 0 Å². The van der Waals surface area contributed by atoms with Crippen LogP contribution in [0, 0.1) is 0 Å². The molecule has 0 atom stereocenters. The van der Waals surface area contributed by atoms with Gasteiger partial charge in [-0.15, -0.1) is 0 Å². The van der Waals surface area contributed by atoms with E-state index in [1.54, 1.807) is 31.3 Å². The van der Waals surface area contributed by atoms with E-state index in [0.717, 1.165) is 13.0 Å². The molecule has 23 heavy (non-hydrogen) atoms. The smallest absolute Gasteiger partial charge is 0.251 e. The van der Waals surface area contributed by atoms with Crippen molar-refractivity contribution in [3.63, 3.8) is 0 Å². The molecule has 3 N–H and O–H groups in total. The summed E-state index contributed by atoms with van der Waals surface area (Å²) in [6, 6.07) is 6.91. The minimum atomic E-state index is -0.167. The molecular formula is C18H25N3O2. The summed E-state index contributed by atoms with van der Waals surface area (Å²) in [6.07, 6.45) is 8.31. The summed E-state index contributed by atoms with van der Waals surface area (Å²) in [5.74, 6) is -0.267. The Balaban J connectivity index is 1.72. The minimum Gasteiger partial charge on any atom is -0.355 e. The van der Waals surface area contributed by atoms with Gasteiger partial charge in [-0.25, -0.2) is 0 Å². The molecule has 0 bridgehead atoms. The van der Waals surface area contributed by atoms with Gasteiger partial charge in [-0.1, -0.05) is 17.7 Å². The van der Waals surface area contributed by atoms with E-state index in [1.807, 2.05) is 0 Å². The maximum Gasteiger partial charge on any atom is 0.251 e. The Kier molecular flexibility index (Phi) is 6.81. The lowest BCUT2D eigenvalue weighted by atomic mass is 9.97. The molecule has 1 aromatic rings. The van der Waals surface area contributed by atoms with Gasteiger partial charge >= 0.3 is 0 Å². The van der Waals surface area contributed by atoms with Gasteiger partial charge in [-0.3, -0.25) is 9.59 Å². The van der Waals surface area contributed by atoms with Crippen molar-refractivity contribution in [3.05, 3.63) is 41.5 Å². The van der Waals surface area contributed by atoms with Gasteiger partial charge in [-0.2, -0.15) is 0 Å². The predicted octanol–water partition coefficient (Wildman–Crippen LogP) is 2.46. The number of carbonyl (C=O) groups is 2. The first kappa shape index (κ1) is 17.2. The van der Waals surface area contributed by atoms with Crippen LogP contribution < -0.4 is 16.0 Å². The van der Waals surface area contributed by atoms with Gasteiger partial charge in [0.15, 0.2) is 0 Å². The molecule has 5 nitrogen and oxygen atoms in total. The SMILES string of the molecule is CNC(=O)c1cccc(NC(=O)CNCCC2=CCCCC2)c1. The molecule has 0 aromatic heterocycles. The summed E-state index contributed by atoms with van der Waals surface area (Å²) >= 11 is 0. The fourth-order valence-electron chi connectivity index (χ4n) is 2.67. The third-order valence-corrected chi connectivity index (χ3v) is 3.93. The molecule has 0 fully saturated rings. The number of hydrogen-bond donors (Lipinski definition) is 3. The quantitative estimate of drug-likeness (QED) is 0.535. The van der Waals surface area contributed by atoms with Crippen LogP contribution >= 0.6 is 0 Å². The maximum absolute atomic E-state index is 11.9. The summed E-state index contributed by atoms with van der Waals surface area (Å²) in [7, 11) is 1.58. The molecule has 0 saturated heterocycles. The fraction of sp³-hybridized carbons (Fsp3) is 0.444. The average Bonchev–Trinajstić information content (AvgIpc) is 2.59. The van der Waals surface area contributed by atoms with Crippen LogP contribution in [0.4, 0.5) is 5.69 Å². The molecule has 1 aliphatic rings. The van der Waals surface area contributed by atoms with Crippen molar-refractivity contribution in [2.24, 2.45) is 0 Å². The van der Waals surface area contributed by atoms with E-state index < -0.39 is 0 Å². The number of amides is 2. The third kappa shape index (κ3) is 5.87.